The highest BCUT2D eigenvalue weighted by molar-refractivity contribution is 5.08. The maximum absolute atomic E-state index is 3.85. The predicted octanol–water partition coefficient (Wildman–Crippen LogP) is 3.22. The van der Waals surface area contributed by atoms with Crippen LogP contribution < -0.4 is 10.6 Å². The summed E-state index contributed by atoms with van der Waals surface area (Å²) >= 11 is 0. The first-order valence-corrected chi connectivity index (χ1v) is 7.12. The maximum Gasteiger partial charge on any atom is 0.0176 e. The lowest BCUT2D eigenvalue weighted by Crippen LogP contribution is -2.54. The Kier molecular flexibility index (Phi) is 2.91. The van der Waals surface area contributed by atoms with Crippen LogP contribution in [0.1, 0.15) is 73.6 Å². The molecule has 0 amide bonds. The van der Waals surface area contributed by atoms with Gasteiger partial charge in [0.1, 0.15) is 0 Å². The van der Waals surface area contributed by atoms with Crippen molar-refractivity contribution in [2.75, 3.05) is 0 Å². The SMILES string of the molecule is CC1(C)CCC(C)(CC2(C)CCC(C)(C)N2)N1. The van der Waals surface area contributed by atoms with Gasteiger partial charge < -0.3 is 10.6 Å². The van der Waals surface area contributed by atoms with Crippen molar-refractivity contribution in [2.45, 2.75) is 95.8 Å². The topological polar surface area (TPSA) is 24.1 Å². The molecule has 2 heterocycles. The summed E-state index contributed by atoms with van der Waals surface area (Å²) < 4.78 is 0. The Morgan fingerprint density at radius 3 is 1.24 bits per heavy atom. The molecule has 17 heavy (non-hydrogen) atoms. The minimum Gasteiger partial charge on any atom is -0.307 e. The zero-order valence-corrected chi connectivity index (χ0v) is 12.5. The zero-order chi connectivity index (χ0) is 12.9. The smallest absolute Gasteiger partial charge is 0.0176 e. The molecule has 0 bridgehead atoms. The quantitative estimate of drug-likeness (QED) is 0.772. The van der Waals surface area contributed by atoms with Crippen LogP contribution in [-0.2, 0) is 0 Å². The zero-order valence-electron chi connectivity index (χ0n) is 12.5. The van der Waals surface area contributed by atoms with Crippen LogP contribution >= 0.6 is 0 Å². The van der Waals surface area contributed by atoms with Gasteiger partial charge in [-0.2, -0.15) is 0 Å². The molecule has 2 fully saturated rings. The molecule has 2 aliphatic rings. The Labute approximate surface area is 107 Å². The summed E-state index contributed by atoms with van der Waals surface area (Å²) in [7, 11) is 0. The summed E-state index contributed by atoms with van der Waals surface area (Å²) in [5.74, 6) is 0. The van der Waals surface area contributed by atoms with Gasteiger partial charge in [0.2, 0.25) is 0 Å². The van der Waals surface area contributed by atoms with Gasteiger partial charge in [0.25, 0.3) is 0 Å². The number of hydrogen-bond donors (Lipinski definition) is 2. The second-order valence-corrected chi connectivity index (χ2v) is 8.32. The van der Waals surface area contributed by atoms with Crippen molar-refractivity contribution in [3.05, 3.63) is 0 Å². The Morgan fingerprint density at radius 1 is 0.647 bits per heavy atom. The summed E-state index contributed by atoms with van der Waals surface area (Å²) in [6, 6.07) is 0. The molecule has 2 heteroatoms. The van der Waals surface area contributed by atoms with E-state index in [0.717, 1.165) is 0 Å². The van der Waals surface area contributed by atoms with Gasteiger partial charge in [-0.25, -0.2) is 0 Å². The molecule has 2 aliphatic heterocycles. The second-order valence-electron chi connectivity index (χ2n) is 8.32. The van der Waals surface area contributed by atoms with E-state index >= 15 is 0 Å². The molecule has 0 aromatic carbocycles. The molecule has 0 spiro atoms. The van der Waals surface area contributed by atoms with Gasteiger partial charge >= 0.3 is 0 Å². The minimum absolute atomic E-state index is 0.311. The average molecular weight is 238 g/mol. The van der Waals surface area contributed by atoms with E-state index in [9.17, 15) is 0 Å². The third-order valence-corrected chi connectivity index (χ3v) is 4.66. The highest BCUT2D eigenvalue weighted by Gasteiger charge is 2.47. The third-order valence-electron chi connectivity index (χ3n) is 4.66. The van der Waals surface area contributed by atoms with Gasteiger partial charge in [0, 0.05) is 22.2 Å². The fourth-order valence-corrected chi connectivity index (χ4v) is 4.19. The summed E-state index contributed by atoms with van der Waals surface area (Å²) in [5.41, 5.74) is 1.26. The minimum atomic E-state index is 0.311. The van der Waals surface area contributed by atoms with Gasteiger partial charge in [0.15, 0.2) is 0 Å². The highest BCUT2D eigenvalue weighted by Crippen LogP contribution is 2.40. The number of hydrogen-bond acceptors (Lipinski definition) is 2. The highest BCUT2D eigenvalue weighted by atomic mass is 15.1. The third kappa shape index (κ3) is 3.03. The van der Waals surface area contributed by atoms with Crippen molar-refractivity contribution in [3.8, 4) is 0 Å². The fourth-order valence-electron chi connectivity index (χ4n) is 4.19. The molecule has 2 atom stereocenters. The summed E-state index contributed by atoms with van der Waals surface area (Å²) in [6.07, 6.45) is 6.44. The van der Waals surface area contributed by atoms with Crippen LogP contribution in [0.4, 0.5) is 0 Å². The van der Waals surface area contributed by atoms with Crippen molar-refractivity contribution >= 4 is 0 Å². The van der Waals surface area contributed by atoms with E-state index < -0.39 is 0 Å². The van der Waals surface area contributed by atoms with E-state index in [1.807, 2.05) is 0 Å². The van der Waals surface area contributed by atoms with Crippen LogP contribution in [0.5, 0.6) is 0 Å². The van der Waals surface area contributed by atoms with Crippen molar-refractivity contribution in [1.29, 1.82) is 0 Å². The molecule has 0 saturated carbocycles. The standard InChI is InChI=1S/C15H30N2/c1-12(2)7-9-14(5,16-12)11-15(6)10-8-13(3,4)17-15/h16-17H,7-11H2,1-6H3. The van der Waals surface area contributed by atoms with E-state index in [-0.39, 0.29) is 0 Å². The number of rotatable bonds is 2. The van der Waals surface area contributed by atoms with Crippen molar-refractivity contribution < 1.29 is 0 Å². The Hall–Kier alpha value is -0.0800. The van der Waals surface area contributed by atoms with E-state index in [0.29, 0.717) is 22.2 Å². The lowest BCUT2D eigenvalue weighted by Gasteiger charge is -2.38. The lowest BCUT2D eigenvalue weighted by molar-refractivity contribution is 0.227. The van der Waals surface area contributed by atoms with Gasteiger partial charge in [-0.05, 0) is 73.6 Å². The first kappa shape index (κ1) is 13.4. The normalized spacial score (nSPS) is 44.1. The first-order chi connectivity index (χ1) is 7.54. The van der Waals surface area contributed by atoms with Crippen LogP contribution in [0.15, 0.2) is 0 Å². The molecular formula is C15H30N2. The molecule has 2 rings (SSSR count). The lowest BCUT2D eigenvalue weighted by atomic mass is 9.82. The molecule has 0 radical (unpaired) electrons. The molecule has 0 aromatic heterocycles. The Balaban J connectivity index is 2.02. The van der Waals surface area contributed by atoms with Crippen LogP contribution in [0, 0.1) is 0 Å². The second kappa shape index (κ2) is 3.71. The van der Waals surface area contributed by atoms with Gasteiger partial charge in [-0.3, -0.25) is 0 Å². The van der Waals surface area contributed by atoms with Gasteiger partial charge in [0.05, 0.1) is 0 Å². The summed E-state index contributed by atoms with van der Waals surface area (Å²) in [5, 5.41) is 7.69. The van der Waals surface area contributed by atoms with Crippen molar-refractivity contribution in [2.24, 2.45) is 0 Å². The summed E-state index contributed by atoms with van der Waals surface area (Å²) in [6.45, 7) is 14.1. The monoisotopic (exact) mass is 238 g/mol. The van der Waals surface area contributed by atoms with Gasteiger partial charge in [-0.15, -0.1) is 0 Å². The molecule has 2 saturated heterocycles. The van der Waals surface area contributed by atoms with Crippen LogP contribution in [0.25, 0.3) is 0 Å². The predicted molar refractivity (Wildman–Crippen MR) is 74.3 cm³/mol. The van der Waals surface area contributed by atoms with Crippen LogP contribution in [-0.4, -0.2) is 22.2 Å². The van der Waals surface area contributed by atoms with Crippen molar-refractivity contribution in [3.63, 3.8) is 0 Å². The Morgan fingerprint density at radius 2 is 1.00 bits per heavy atom. The van der Waals surface area contributed by atoms with E-state index in [4.69, 9.17) is 0 Å². The largest absolute Gasteiger partial charge is 0.307 e. The van der Waals surface area contributed by atoms with E-state index in [1.165, 1.54) is 32.1 Å². The van der Waals surface area contributed by atoms with Crippen LogP contribution in [0.2, 0.25) is 0 Å². The molecule has 100 valence electrons. The van der Waals surface area contributed by atoms with E-state index in [2.05, 4.69) is 52.2 Å². The molecule has 0 aliphatic carbocycles. The molecule has 2 unspecified atom stereocenters. The first-order valence-electron chi connectivity index (χ1n) is 7.12. The molecule has 0 aromatic rings. The van der Waals surface area contributed by atoms with Crippen molar-refractivity contribution in [1.82, 2.24) is 10.6 Å². The molecule has 2 nitrogen and oxygen atoms in total. The average Bonchev–Trinajstić information content (AvgIpc) is 2.49. The summed E-state index contributed by atoms with van der Waals surface area (Å²) in [4.78, 5) is 0. The Bertz CT molecular complexity index is 278. The molecular weight excluding hydrogens is 208 g/mol. The van der Waals surface area contributed by atoms with E-state index in [1.54, 1.807) is 0 Å². The fraction of sp³-hybridized carbons (Fsp3) is 1.00. The maximum atomic E-state index is 3.85. The number of nitrogens with one attached hydrogen (secondary N) is 2. The van der Waals surface area contributed by atoms with Gasteiger partial charge in [-0.1, -0.05) is 0 Å². The van der Waals surface area contributed by atoms with Crippen LogP contribution in [0.3, 0.4) is 0 Å². The molecule has 2 N–H and O–H groups in total.